The van der Waals surface area contributed by atoms with E-state index < -0.39 is 0 Å². The number of hydrogen-bond acceptors (Lipinski definition) is 0. The zero-order valence-corrected chi connectivity index (χ0v) is 10.1. The molecule has 0 aliphatic rings. The van der Waals surface area contributed by atoms with Crippen molar-refractivity contribution in [3.63, 3.8) is 0 Å². The zero-order chi connectivity index (χ0) is 10.7. The molecule has 0 aliphatic heterocycles. The maximum Gasteiger partial charge on any atom is -0.0184 e. The molecule has 2 aromatic rings. The summed E-state index contributed by atoms with van der Waals surface area (Å²) >= 11 is 0. The summed E-state index contributed by atoms with van der Waals surface area (Å²) in [5, 5.41) is 1.23. The third-order valence-electron chi connectivity index (χ3n) is 2.61. The topological polar surface area (TPSA) is 0 Å². The first-order valence-corrected chi connectivity index (χ1v) is 5.82. The molecule has 0 N–H and O–H groups in total. The van der Waals surface area contributed by atoms with Crippen molar-refractivity contribution in [2.75, 3.05) is 0 Å². The van der Waals surface area contributed by atoms with Gasteiger partial charge in [0.25, 0.3) is 0 Å². The molecule has 76 valence electrons. The Morgan fingerprint density at radius 2 is 1.27 bits per heavy atom. The van der Waals surface area contributed by atoms with Crippen LogP contribution in [0.3, 0.4) is 0 Å². The second-order valence-electron chi connectivity index (χ2n) is 3.67. The molecule has 0 saturated carbocycles. The van der Waals surface area contributed by atoms with Crippen LogP contribution in [-0.2, 0) is 6.42 Å². The summed E-state index contributed by atoms with van der Waals surface area (Å²) in [5.74, 6) is 0. The van der Waals surface area contributed by atoms with E-state index in [1.54, 1.807) is 0 Å². The van der Waals surface area contributed by atoms with Crippen LogP contribution in [0.25, 0.3) is 11.1 Å². The van der Waals surface area contributed by atoms with E-state index in [1.165, 1.54) is 22.0 Å². The minimum absolute atomic E-state index is 1.10. The molecule has 0 amide bonds. The minimum atomic E-state index is 1.10. The van der Waals surface area contributed by atoms with Crippen LogP contribution >= 0.6 is 9.24 Å². The molecule has 0 aliphatic carbocycles. The Bertz CT molecular complexity index is 426. The van der Waals surface area contributed by atoms with Crippen LogP contribution in [0.5, 0.6) is 0 Å². The van der Waals surface area contributed by atoms with Gasteiger partial charge in [0.2, 0.25) is 0 Å². The van der Waals surface area contributed by atoms with E-state index in [-0.39, 0.29) is 0 Å². The lowest BCUT2D eigenvalue weighted by Crippen LogP contribution is -1.88. The summed E-state index contributed by atoms with van der Waals surface area (Å²) in [6.45, 7) is 2.18. The molecule has 0 spiro atoms. The highest BCUT2D eigenvalue weighted by Gasteiger charge is 1.96. The average Bonchev–Trinajstić information content (AvgIpc) is 2.30. The first-order chi connectivity index (χ1) is 7.29. The predicted molar refractivity (Wildman–Crippen MR) is 70.6 cm³/mol. The van der Waals surface area contributed by atoms with Crippen molar-refractivity contribution >= 4 is 14.5 Å². The Kier molecular flexibility index (Phi) is 3.18. The van der Waals surface area contributed by atoms with E-state index in [0.29, 0.717) is 0 Å². The Morgan fingerprint density at radius 1 is 0.800 bits per heavy atom. The highest BCUT2D eigenvalue weighted by molar-refractivity contribution is 7.27. The van der Waals surface area contributed by atoms with Gasteiger partial charge in [0.1, 0.15) is 0 Å². The fourth-order valence-corrected chi connectivity index (χ4v) is 1.80. The van der Waals surface area contributed by atoms with Gasteiger partial charge in [-0.2, -0.15) is 0 Å². The standard InChI is InChI=1S/C14H15P/c1-2-11-3-5-12(6-4-11)13-7-9-14(15)10-8-13/h3-10H,2,15H2,1H3. The zero-order valence-electron chi connectivity index (χ0n) is 8.90. The van der Waals surface area contributed by atoms with Crippen molar-refractivity contribution < 1.29 is 0 Å². The molecule has 2 rings (SSSR count). The summed E-state index contributed by atoms with van der Waals surface area (Å²) in [6.07, 6.45) is 1.10. The van der Waals surface area contributed by atoms with Gasteiger partial charge in [0.05, 0.1) is 0 Å². The third kappa shape index (κ3) is 2.46. The highest BCUT2D eigenvalue weighted by Crippen LogP contribution is 2.19. The molecule has 15 heavy (non-hydrogen) atoms. The third-order valence-corrected chi connectivity index (χ3v) is 2.99. The van der Waals surface area contributed by atoms with Crippen molar-refractivity contribution in [3.8, 4) is 11.1 Å². The first-order valence-electron chi connectivity index (χ1n) is 5.24. The lowest BCUT2D eigenvalue weighted by molar-refractivity contribution is 1.14. The predicted octanol–water partition coefficient (Wildman–Crippen LogP) is 3.42. The lowest BCUT2D eigenvalue weighted by Gasteiger charge is -2.03. The van der Waals surface area contributed by atoms with Gasteiger partial charge in [0, 0.05) is 0 Å². The second kappa shape index (κ2) is 4.59. The van der Waals surface area contributed by atoms with Crippen LogP contribution < -0.4 is 5.30 Å². The molecule has 1 heteroatoms. The molecule has 1 atom stereocenters. The summed E-state index contributed by atoms with van der Waals surface area (Å²) in [5.41, 5.74) is 3.96. The molecule has 0 fully saturated rings. The van der Waals surface area contributed by atoms with Crippen LogP contribution in [0, 0.1) is 0 Å². The molecular formula is C14H15P. The van der Waals surface area contributed by atoms with Crippen LogP contribution in [0.4, 0.5) is 0 Å². The summed E-state index contributed by atoms with van der Waals surface area (Å²) in [4.78, 5) is 0. The quantitative estimate of drug-likeness (QED) is 0.672. The van der Waals surface area contributed by atoms with Crippen LogP contribution in [0.15, 0.2) is 48.5 Å². The number of benzene rings is 2. The van der Waals surface area contributed by atoms with Gasteiger partial charge in [-0.05, 0) is 28.4 Å². The highest BCUT2D eigenvalue weighted by atomic mass is 31.0. The van der Waals surface area contributed by atoms with Gasteiger partial charge < -0.3 is 0 Å². The normalized spacial score (nSPS) is 10.3. The molecule has 2 aromatic carbocycles. The van der Waals surface area contributed by atoms with E-state index >= 15 is 0 Å². The minimum Gasteiger partial charge on any atom is -0.106 e. The van der Waals surface area contributed by atoms with Crippen molar-refractivity contribution in [2.24, 2.45) is 0 Å². The van der Waals surface area contributed by atoms with Crippen LogP contribution in [0.2, 0.25) is 0 Å². The van der Waals surface area contributed by atoms with Crippen molar-refractivity contribution in [3.05, 3.63) is 54.1 Å². The summed E-state index contributed by atoms with van der Waals surface area (Å²) in [7, 11) is 2.70. The van der Waals surface area contributed by atoms with Crippen LogP contribution in [-0.4, -0.2) is 0 Å². The van der Waals surface area contributed by atoms with Gasteiger partial charge in [-0.3, -0.25) is 0 Å². The van der Waals surface area contributed by atoms with Crippen molar-refractivity contribution in [1.82, 2.24) is 0 Å². The van der Waals surface area contributed by atoms with Gasteiger partial charge in [-0.25, -0.2) is 0 Å². The smallest absolute Gasteiger partial charge is 0.0184 e. The Balaban J connectivity index is 2.33. The first kappa shape index (κ1) is 10.4. The Labute approximate surface area is 93.5 Å². The second-order valence-corrected chi connectivity index (χ2v) is 4.34. The fourth-order valence-electron chi connectivity index (χ4n) is 1.61. The molecule has 0 heterocycles. The maximum absolute atomic E-state index is 2.70. The maximum atomic E-state index is 2.70. The molecule has 1 unspecified atom stereocenters. The van der Waals surface area contributed by atoms with Crippen molar-refractivity contribution in [2.45, 2.75) is 13.3 Å². The Hall–Kier alpha value is -1.13. The van der Waals surface area contributed by atoms with Crippen molar-refractivity contribution in [1.29, 1.82) is 0 Å². The molecule has 0 aromatic heterocycles. The van der Waals surface area contributed by atoms with Gasteiger partial charge in [-0.15, -0.1) is 9.24 Å². The SMILES string of the molecule is CCc1ccc(-c2ccc(P)cc2)cc1. The van der Waals surface area contributed by atoms with E-state index in [0.717, 1.165) is 6.42 Å². The number of rotatable bonds is 2. The lowest BCUT2D eigenvalue weighted by atomic mass is 10.0. The van der Waals surface area contributed by atoms with E-state index in [4.69, 9.17) is 0 Å². The Morgan fingerprint density at radius 3 is 1.73 bits per heavy atom. The van der Waals surface area contributed by atoms with E-state index in [1.807, 2.05) is 0 Å². The molecule has 0 radical (unpaired) electrons. The molecule has 0 bridgehead atoms. The summed E-state index contributed by atoms with van der Waals surface area (Å²) in [6, 6.07) is 17.3. The van der Waals surface area contributed by atoms with Gasteiger partial charge >= 0.3 is 0 Å². The molecular weight excluding hydrogens is 199 g/mol. The number of aryl methyl sites for hydroxylation is 1. The van der Waals surface area contributed by atoms with Gasteiger partial charge in [-0.1, -0.05) is 55.5 Å². The molecule has 0 nitrogen and oxygen atoms in total. The summed E-state index contributed by atoms with van der Waals surface area (Å²) < 4.78 is 0. The molecule has 0 saturated heterocycles. The van der Waals surface area contributed by atoms with Crippen LogP contribution in [0.1, 0.15) is 12.5 Å². The largest absolute Gasteiger partial charge is 0.106 e. The fraction of sp³-hybridized carbons (Fsp3) is 0.143. The average molecular weight is 214 g/mol. The number of hydrogen-bond donors (Lipinski definition) is 0. The van der Waals surface area contributed by atoms with Gasteiger partial charge in [0.15, 0.2) is 0 Å². The monoisotopic (exact) mass is 214 g/mol. The van der Waals surface area contributed by atoms with E-state index in [9.17, 15) is 0 Å². The van der Waals surface area contributed by atoms with E-state index in [2.05, 4.69) is 64.7 Å².